The van der Waals surface area contributed by atoms with Crippen molar-refractivity contribution in [3.8, 4) is 22.8 Å². The lowest BCUT2D eigenvalue weighted by Crippen LogP contribution is -2.03. The largest absolute Gasteiger partial charge is 0.338 e. The number of H-pyrrole nitrogens is 2. The zero-order chi connectivity index (χ0) is 29.5. The molecule has 0 aliphatic heterocycles. The van der Waals surface area contributed by atoms with Gasteiger partial charge in [0.25, 0.3) is 0 Å². The molecule has 6 heterocycles. The lowest BCUT2D eigenvalue weighted by Gasteiger charge is -2.10. The van der Waals surface area contributed by atoms with Crippen LogP contribution in [0.1, 0.15) is 15.9 Å². The van der Waals surface area contributed by atoms with Crippen molar-refractivity contribution in [3.63, 3.8) is 0 Å². The Hall–Kier alpha value is -5.79. The molecule has 8 rings (SSSR count). The molecule has 0 spiro atoms. The Morgan fingerprint density at radius 3 is 1.45 bits per heavy atom. The molecular formula is C31H20N10OS2. The van der Waals surface area contributed by atoms with Crippen LogP contribution in [-0.2, 0) is 0 Å². The second kappa shape index (κ2) is 10.8. The molecule has 0 saturated heterocycles. The molecule has 13 heteroatoms. The van der Waals surface area contributed by atoms with E-state index in [9.17, 15) is 4.79 Å². The lowest BCUT2D eigenvalue weighted by atomic mass is 10.0. The first-order chi connectivity index (χ1) is 21.7. The van der Waals surface area contributed by atoms with Crippen LogP contribution in [0.4, 0.5) is 23.0 Å². The standard InChI is InChI=1S/C31H20N10OS2/c42-27(17-1-5-21(6-2-17)34-30-25-23(13-32-40-25)36-28(38-30)19-9-11-43-15-19)18-3-7-22(8-4-18)35-31-26-24(14-33-41-26)37-29(39-31)20-10-12-44-16-20/h1-16H,(H,32,40)(H,33,41)(H,34,36,38)(H,35,37,39). The number of benzene rings is 2. The number of carbonyl (C=O) groups excluding carboxylic acids is 1. The van der Waals surface area contributed by atoms with Crippen LogP contribution in [0.15, 0.2) is 94.6 Å². The van der Waals surface area contributed by atoms with Crippen LogP contribution < -0.4 is 10.6 Å². The molecule has 2 aromatic carbocycles. The summed E-state index contributed by atoms with van der Waals surface area (Å²) in [6.45, 7) is 0. The van der Waals surface area contributed by atoms with Crippen molar-refractivity contribution in [2.24, 2.45) is 0 Å². The van der Waals surface area contributed by atoms with Gasteiger partial charge in [-0.15, -0.1) is 0 Å². The minimum Gasteiger partial charge on any atom is -0.338 e. The fourth-order valence-corrected chi connectivity index (χ4v) is 6.02. The molecule has 0 atom stereocenters. The highest BCUT2D eigenvalue weighted by atomic mass is 32.1. The molecule has 0 radical (unpaired) electrons. The summed E-state index contributed by atoms with van der Waals surface area (Å²) < 4.78 is 0. The zero-order valence-electron chi connectivity index (χ0n) is 22.6. The van der Waals surface area contributed by atoms with E-state index in [1.165, 1.54) is 0 Å². The van der Waals surface area contributed by atoms with Crippen LogP contribution in [0.25, 0.3) is 44.8 Å². The van der Waals surface area contributed by atoms with E-state index in [0.717, 1.165) is 22.5 Å². The van der Waals surface area contributed by atoms with Gasteiger partial charge in [-0.1, -0.05) is 0 Å². The molecule has 0 aliphatic rings. The molecule has 0 unspecified atom stereocenters. The number of ketones is 1. The monoisotopic (exact) mass is 612 g/mol. The van der Waals surface area contributed by atoms with E-state index >= 15 is 0 Å². The van der Waals surface area contributed by atoms with Crippen molar-refractivity contribution < 1.29 is 4.79 Å². The normalized spacial score (nSPS) is 11.3. The molecule has 0 bridgehead atoms. The van der Waals surface area contributed by atoms with E-state index in [1.807, 2.05) is 57.9 Å². The number of hydrogen-bond donors (Lipinski definition) is 4. The Morgan fingerprint density at radius 1 is 0.591 bits per heavy atom. The number of nitrogens with zero attached hydrogens (tertiary/aromatic N) is 6. The Labute approximate surface area is 257 Å². The first kappa shape index (κ1) is 25.9. The maximum Gasteiger partial charge on any atom is 0.193 e. The van der Waals surface area contributed by atoms with E-state index in [4.69, 9.17) is 9.97 Å². The number of thiophene rings is 2. The van der Waals surface area contributed by atoms with Crippen molar-refractivity contribution >= 4 is 73.5 Å². The highest BCUT2D eigenvalue weighted by Gasteiger charge is 2.15. The smallest absolute Gasteiger partial charge is 0.193 e. The van der Waals surface area contributed by atoms with Crippen LogP contribution in [0.5, 0.6) is 0 Å². The molecule has 8 aromatic rings. The SMILES string of the molecule is O=C(c1ccc(Nc2nc(-c3ccsc3)nc3cn[nH]c23)cc1)c1ccc(Nc2nc(-c3ccsc3)nc3cn[nH]c23)cc1. The first-order valence-corrected chi connectivity index (χ1v) is 15.3. The fourth-order valence-electron chi connectivity index (χ4n) is 4.75. The summed E-state index contributed by atoms with van der Waals surface area (Å²) in [4.78, 5) is 32.0. The summed E-state index contributed by atoms with van der Waals surface area (Å²) in [5, 5.41) is 28.8. The third kappa shape index (κ3) is 4.85. The van der Waals surface area contributed by atoms with Crippen LogP contribution in [0, 0.1) is 0 Å². The third-order valence-corrected chi connectivity index (χ3v) is 8.35. The number of rotatable bonds is 8. The van der Waals surface area contributed by atoms with Gasteiger partial charge < -0.3 is 10.6 Å². The van der Waals surface area contributed by atoms with Crippen LogP contribution in [0.3, 0.4) is 0 Å². The maximum absolute atomic E-state index is 13.3. The van der Waals surface area contributed by atoms with E-state index in [0.29, 0.717) is 56.5 Å². The van der Waals surface area contributed by atoms with Crippen molar-refractivity contribution in [2.75, 3.05) is 10.6 Å². The summed E-state index contributed by atoms with van der Waals surface area (Å²) in [6, 6.07) is 18.6. The predicted molar refractivity (Wildman–Crippen MR) is 173 cm³/mol. The van der Waals surface area contributed by atoms with Gasteiger partial charge in [0.15, 0.2) is 29.1 Å². The molecule has 0 amide bonds. The second-order valence-electron chi connectivity index (χ2n) is 9.81. The third-order valence-electron chi connectivity index (χ3n) is 6.98. The van der Waals surface area contributed by atoms with E-state index in [1.54, 1.807) is 59.3 Å². The van der Waals surface area contributed by atoms with Crippen LogP contribution >= 0.6 is 22.7 Å². The Balaban J connectivity index is 0.999. The number of carbonyl (C=O) groups is 1. The number of fused-ring (bicyclic) bond motifs is 2. The van der Waals surface area contributed by atoms with E-state index < -0.39 is 0 Å². The van der Waals surface area contributed by atoms with Crippen LogP contribution in [0.2, 0.25) is 0 Å². The number of anilines is 4. The summed E-state index contributed by atoms with van der Waals surface area (Å²) in [6.07, 6.45) is 3.35. The molecule has 0 aliphatic carbocycles. The molecule has 11 nitrogen and oxygen atoms in total. The average molecular weight is 613 g/mol. The van der Waals surface area contributed by atoms with Crippen molar-refractivity contribution in [2.45, 2.75) is 0 Å². The van der Waals surface area contributed by atoms with Crippen molar-refractivity contribution in [1.82, 2.24) is 40.3 Å². The number of hydrogen-bond acceptors (Lipinski definition) is 11. The topological polar surface area (TPSA) is 150 Å². The number of aromatic amines is 2. The molecule has 0 fully saturated rings. The lowest BCUT2D eigenvalue weighted by molar-refractivity contribution is 0.103. The molecular weight excluding hydrogens is 593 g/mol. The highest BCUT2D eigenvalue weighted by molar-refractivity contribution is 7.08. The summed E-state index contributed by atoms with van der Waals surface area (Å²) >= 11 is 3.18. The number of aromatic nitrogens is 8. The molecule has 6 aromatic heterocycles. The van der Waals surface area contributed by atoms with Gasteiger partial charge in [-0.2, -0.15) is 32.9 Å². The van der Waals surface area contributed by atoms with Gasteiger partial charge >= 0.3 is 0 Å². The Morgan fingerprint density at radius 2 is 1.05 bits per heavy atom. The zero-order valence-corrected chi connectivity index (χ0v) is 24.3. The Kier molecular flexibility index (Phi) is 6.35. The quantitative estimate of drug-likeness (QED) is 0.131. The number of nitrogens with one attached hydrogen (secondary N) is 4. The van der Waals surface area contributed by atoms with E-state index in [-0.39, 0.29) is 5.78 Å². The van der Waals surface area contributed by atoms with Crippen molar-refractivity contribution in [3.05, 3.63) is 106 Å². The van der Waals surface area contributed by atoms with Gasteiger partial charge in [0.1, 0.15) is 22.1 Å². The Bertz CT molecular complexity index is 2080. The molecule has 0 saturated carbocycles. The maximum atomic E-state index is 13.3. The summed E-state index contributed by atoms with van der Waals surface area (Å²) in [5.41, 5.74) is 7.42. The minimum absolute atomic E-state index is 0.0847. The van der Waals surface area contributed by atoms with Gasteiger partial charge in [0.05, 0.1) is 12.4 Å². The van der Waals surface area contributed by atoms with Gasteiger partial charge in [-0.3, -0.25) is 15.0 Å². The van der Waals surface area contributed by atoms with Gasteiger partial charge in [0, 0.05) is 44.4 Å². The van der Waals surface area contributed by atoms with Gasteiger partial charge in [-0.05, 0) is 71.4 Å². The summed E-state index contributed by atoms with van der Waals surface area (Å²) in [7, 11) is 0. The minimum atomic E-state index is -0.0847. The average Bonchev–Trinajstić information content (AvgIpc) is 3.88. The van der Waals surface area contributed by atoms with Gasteiger partial charge in [-0.25, -0.2) is 19.9 Å². The predicted octanol–water partition coefficient (Wildman–Crippen LogP) is 7.19. The molecule has 4 N–H and O–H groups in total. The van der Waals surface area contributed by atoms with Crippen LogP contribution in [-0.4, -0.2) is 46.1 Å². The van der Waals surface area contributed by atoms with Gasteiger partial charge in [0.2, 0.25) is 0 Å². The first-order valence-electron chi connectivity index (χ1n) is 13.4. The summed E-state index contributed by atoms with van der Waals surface area (Å²) in [5.74, 6) is 2.36. The molecule has 212 valence electrons. The second-order valence-corrected chi connectivity index (χ2v) is 11.4. The van der Waals surface area contributed by atoms with Crippen molar-refractivity contribution in [1.29, 1.82) is 0 Å². The molecule has 44 heavy (non-hydrogen) atoms. The fraction of sp³-hybridized carbons (Fsp3) is 0. The van der Waals surface area contributed by atoms with E-state index in [2.05, 4.69) is 41.0 Å². The highest BCUT2D eigenvalue weighted by Crippen LogP contribution is 2.29.